The first-order chi connectivity index (χ1) is 6.27. The zero-order valence-corrected chi connectivity index (χ0v) is 8.58. The molecule has 0 aliphatic carbocycles. The van der Waals surface area contributed by atoms with Gasteiger partial charge in [-0.1, -0.05) is 6.92 Å². The normalized spacial score (nSPS) is 30.7. The van der Waals surface area contributed by atoms with Crippen LogP contribution in [0, 0.1) is 5.92 Å². The number of likely N-dealkylation sites (tertiary alicyclic amines) is 1. The van der Waals surface area contributed by atoms with Crippen LogP contribution in [0.3, 0.4) is 0 Å². The van der Waals surface area contributed by atoms with Gasteiger partial charge in [0.15, 0.2) is 0 Å². The summed E-state index contributed by atoms with van der Waals surface area (Å²) < 4.78 is 0. The highest BCUT2D eigenvalue weighted by atomic mass is 16.3. The molecule has 1 rings (SSSR count). The van der Waals surface area contributed by atoms with Crippen molar-refractivity contribution in [2.75, 3.05) is 26.2 Å². The van der Waals surface area contributed by atoms with Gasteiger partial charge in [-0.25, -0.2) is 0 Å². The number of hydrogen-bond donors (Lipinski definition) is 2. The third-order valence-electron chi connectivity index (χ3n) is 2.98. The fourth-order valence-corrected chi connectivity index (χ4v) is 2.01. The Morgan fingerprint density at radius 3 is 2.92 bits per heavy atom. The highest BCUT2D eigenvalue weighted by molar-refractivity contribution is 4.78. The molecule has 0 unspecified atom stereocenters. The van der Waals surface area contributed by atoms with Gasteiger partial charge >= 0.3 is 0 Å². The second-order valence-electron chi connectivity index (χ2n) is 3.97. The Morgan fingerprint density at radius 1 is 1.54 bits per heavy atom. The molecule has 0 saturated carbocycles. The summed E-state index contributed by atoms with van der Waals surface area (Å²) in [5, 5.41) is 9.66. The van der Waals surface area contributed by atoms with Crippen molar-refractivity contribution in [2.24, 2.45) is 11.7 Å². The number of nitrogens with two attached hydrogens (primary N) is 1. The van der Waals surface area contributed by atoms with Gasteiger partial charge in [0.25, 0.3) is 0 Å². The molecule has 3 heteroatoms. The van der Waals surface area contributed by atoms with Crippen LogP contribution < -0.4 is 5.73 Å². The second kappa shape index (κ2) is 5.58. The molecule has 0 amide bonds. The summed E-state index contributed by atoms with van der Waals surface area (Å²) >= 11 is 0. The van der Waals surface area contributed by atoms with Crippen LogP contribution in [0.25, 0.3) is 0 Å². The molecule has 1 aliphatic rings. The van der Waals surface area contributed by atoms with Crippen molar-refractivity contribution >= 4 is 0 Å². The lowest BCUT2D eigenvalue weighted by atomic mass is 9.92. The summed E-state index contributed by atoms with van der Waals surface area (Å²) in [6.45, 7) is 6.12. The Hall–Kier alpha value is -0.120. The number of aliphatic hydroxyl groups excluding tert-OH is 1. The monoisotopic (exact) mass is 186 g/mol. The molecule has 1 heterocycles. The van der Waals surface area contributed by atoms with Crippen molar-refractivity contribution < 1.29 is 5.11 Å². The van der Waals surface area contributed by atoms with Crippen LogP contribution in [0.1, 0.15) is 26.2 Å². The Bertz CT molecular complexity index is 139. The molecule has 13 heavy (non-hydrogen) atoms. The smallest absolute Gasteiger partial charge is 0.0592 e. The molecule has 1 fully saturated rings. The molecule has 0 spiro atoms. The quantitative estimate of drug-likeness (QED) is 0.669. The SMILES string of the molecule is CC[C@@H]1CN(CCCN)CC[C@H]1O. The van der Waals surface area contributed by atoms with Gasteiger partial charge in [-0.15, -0.1) is 0 Å². The molecule has 0 aromatic carbocycles. The van der Waals surface area contributed by atoms with Crippen molar-refractivity contribution in [3.63, 3.8) is 0 Å². The summed E-state index contributed by atoms with van der Waals surface area (Å²) in [5.41, 5.74) is 5.46. The molecular formula is C10H22N2O. The first kappa shape index (κ1) is 11.0. The van der Waals surface area contributed by atoms with Crippen molar-refractivity contribution in [1.29, 1.82) is 0 Å². The predicted octanol–water partition coefficient (Wildman–Crippen LogP) is 0.428. The van der Waals surface area contributed by atoms with Crippen molar-refractivity contribution in [1.82, 2.24) is 4.90 Å². The second-order valence-corrected chi connectivity index (χ2v) is 3.97. The summed E-state index contributed by atoms with van der Waals surface area (Å²) in [6, 6.07) is 0. The molecular weight excluding hydrogens is 164 g/mol. The van der Waals surface area contributed by atoms with Gasteiger partial charge in [-0.2, -0.15) is 0 Å². The molecule has 0 aromatic heterocycles. The first-order valence-corrected chi connectivity index (χ1v) is 5.38. The van der Waals surface area contributed by atoms with E-state index in [0.29, 0.717) is 5.92 Å². The molecule has 1 aliphatic heterocycles. The third kappa shape index (κ3) is 3.25. The standard InChI is InChI=1S/C10H22N2O/c1-2-9-8-12(6-3-5-11)7-4-10(9)13/h9-10,13H,2-8,11H2,1H3/t9-,10-/m1/s1. The lowest BCUT2D eigenvalue weighted by molar-refractivity contribution is 0.0251. The zero-order valence-electron chi connectivity index (χ0n) is 8.58. The lowest BCUT2D eigenvalue weighted by Crippen LogP contribution is -2.43. The molecule has 78 valence electrons. The predicted molar refractivity (Wildman–Crippen MR) is 54.5 cm³/mol. The van der Waals surface area contributed by atoms with Gasteiger partial charge in [0.2, 0.25) is 0 Å². The van der Waals surface area contributed by atoms with Gasteiger partial charge in [0.1, 0.15) is 0 Å². The van der Waals surface area contributed by atoms with E-state index < -0.39 is 0 Å². The van der Waals surface area contributed by atoms with E-state index in [1.165, 1.54) is 0 Å². The number of aliphatic hydroxyl groups is 1. The largest absolute Gasteiger partial charge is 0.393 e. The fraction of sp³-hybridized carbons (Fsp3) is 1.00. The fourth-order valence-electron chi connectivity index (χ4n) is 2.01. The van der Waals surface area contributed by atoms with E-state index >= 15 is 0 Å². The topological polar surface area (TPSA) is 49.5 Å². The van der Waals surface area contributed by atoms with E-state index in [-0.39, 0.29) is 6.10 Å². The van der Waals surface area contributed by atoms with Crippen LogP contribution in [0.4, 0.5) is 0 Å². The minimum atomic E-state index is -0.0703. The number of nitrogens with zero attached hydrogens (tertiary/aromatic N) is 1. The summed E-state index contributed by atoms with van der Waals surface area (Å²) in [6.07, 6.45) is 3.02. The van der Waals surface area contributed by atoms with Gasteiger partial charge in [0, 0.05) is 13.1 Å². The molecule has 2 atom stereocenters. The lowest BCUT2D eigenvalue weighted by Gasteiger charge is -2.35. The summed E-state index contributed by atoms with van der Waals surface area (Å²) in [4.78, 5) is 2.42. The van der Waals surface area contributed by atoms with Crippen LogP contribution in [-0.4, -0.2) is 42.3 Å². The molecule has 3 nitrogen and oxygen atoms in total. The van der Waals surface area contributed by atoms with E-state index in [4.69, 9.17) is 5.73 Å². The van der Waals surface area contributed by atoms with E-state index in [1.54, 1.807) is 0 Å². The van der Waals surface area contributed by atoms with Crippen molar-refractivity contribution in [3.8, 4) is 0 Å². The molecule has 0 aromatic rings. The van der Waals surface area contributed by atoms with Crippen LogP contribution >= 0.6 is 0 Å². The van der Waals surface area contributed by atoms with Gasteiger partial charge in [-0.05, 0) is 38.3 Å². The Morgan fingerprint density at radius 2 is 2.31 bits per heavy atom. The summed E-state index contributed by atoms with van der Waals surface area (Å²) in [7, 11) is 0. The Balaban J connectivity index is 2.27. The van der Waals surface area contributed by atoms with Crippen LogP contribution in [0.5, 0.6) is 0 Å². The summed E-state index contributed by atoms with van der Waals surface area (Å²) in [5.74, 6) is 0.478. The number of piperidine rings is 1. The first-order valence-electron chi connectivity index (χ1n) is 5.38. The average Bonchev–Trinajstić information content (AvgIpc) is 2.16. The van der Waals surface area contributed by atoms with E-state index in [1.807, 2.05) is 0 Å². The van der Waals surface area contributed by atoms with E-state index in [2.05, 4.69) is 11.8 Å². The van der Waals surface area contributed by atoms with Crippen LogP contribution in [-0.2, 0) is 0 Å². The maximum absolute atomic E-state index is 9.66. The van der Waals surface area contributed by atoms with Crippen LogP contribution in [0.15, 0.2) is 0 Å². The Labute approximate surface area is 80.9 Å². The highest BCUT2D eigenvalue weighted by Gasteiger charge is 2.25. The maximum atomic E-state index is 9.66. The van der Waals surface area contributed by atoms with Crippen molar-refractivity contribution in [2.45, 2.75) is 32.3 Å². The van der Waals surface area contributed by atoms with Crippen molar-refractivity contribution in [3.05, 3.63) is 0 Å². The molecule has 0 bridgehead atoms. The van der Waals surface area contributed by atoms with E-state index in [0.717, 1.165) is 45.4 Å². The molecule has 3 N–H and O–H groups in total. The maximum Gasteiger partial charge on any atom is 0.0592 e. The van der Waals surface area contributed by atoms with Gasteiger partial charge in [-0.3, -0.25) is 0 Å². The molecule has 0 radical (unpaired) electrons. The average molecular weight is 186 g/mol. The highest BCUT2D eigenvalue weighted by Crippen LogP contribution is 2.19. The number of hydrogen-bond acceptors (Lipinski definition) is 3. The third-order valence-corrected chi connectivity index (χ3v) is 2.98. The van der Waals surface area contributed by atoms with Gasteiger partial charge < -0.3 is 15.7 Å². The minimum absolute atomic E-state index is 0.0703. The zero-order chi connectivity index (χ0) is 9.68. The minimum Gasteiger partial charge on any atom is -0.393 e. The van der Waals surface area contributed by atoms with E-state index in [9.17, 15) is 5.11 Å². The number of rotatable bonds is 4. The van der Waals surface area contributed by atoms with Crippen LogP contribution in [0.2, 0.25) is 0 Å². The molecule has 1 saturated heterocycles. The Kier molecular flexibility index (Phi) is 4.70. The van der Waals surface area contributed by atoms with Gasteiger partial charge in [0.05, 0.1) is 6.10 Å².